The number of aromatic nitrogens is 3. The van der Waals surface area contributed by atoms with Crippen LogP contribution >= 0.6 is 12.2 Å². The van der Waals surface area contributed by atoms with E-state index in [4.69, 9.17) is 26.8 Å². The summed E-state index contributed by atoms with van der Waals surface area (Å²) in [6, 6.07) is 18.1. The highest BCUT2D eigenvalue weighted by Gasteiger charge is 2.18. The molecule has 1 atom stereocenters. The van der Waals surface area contributed by atoms with E-state index >= 15 is 0 Å². The second-order valence-electron chi connectivity index (χ2n) is 7.43. The standard InChI is InChI=1S/C23H26N4O2S/c1-25-22(16-29-21-10-8-20(28-2)9-11-21)24-27(23(25)30)17-26-14-12-19(13-15-26)18-6-4-3-5-7-18/h3-12H,13-17H2,1-2H3/p+1. The number of benzene rings is 2. The number of hydrogen-bond acceptors (Lipinski definition) is 4. The minimum Gasteiger partial charge on any atom is -0.497 e. The van der Waals surface area contributed by atoms with Crippen LogP contribution in [0.3, 0.4) is 0 Å². The Morgan fingerprint density at radius 2 is 1.80 bits per heavy atom. The van der Waals surface area contributed by atoms with Crippen molar-refractivity contribution < 1.29 is 14.4 Å². The quantitative estimate of drug-likeness (QED) is 0.594. The Morgan fingerprint density at radius 1 is 1.07 bits per heavy atom. The molecule has 6 nitrogen and oxygen atoms in total. The summed E-state index contributed by atoms with van der Waals surface area (Å²) in [6.07, 6.45) is 3.40. The minimum atomic E-state index is 0.368. The average Bonchev–Trinajstić information content (AvgIpc) is 3.07. The summed E-state index contributed by atoms with van der Waals surface area (Å²) in [5, 5.41) is 4.71. The number of rotatable bonds is 7. The Hall–Kier alpha value is -2.90. The van der Waals surface area contributed by atoms with Gasteiger partial charge in [0.2, 0.25) is 4.77 Å². The maximum Gasteiger partial charge on any atom is 0.202 e. The molecule has 1 aliphatic rings. The molecule has 1 N–H and O–H groups in total. The first kappa shape index (κ1) is 20.4. The molecule has 0 bridgehead atoms. The topological polar surface area (TPSA) is 45.6 Å². The Bertz CT molecular complexity index is 1070. The van der Waals surface area contributed by atoms with Crippen molar-refractivity contribution in [2.45, 2.75) is 19.7 Å². The number of quaternary nitrogens is 1. The highest BCUT2D eigenvalue weighted by molar-refractivity contribution is 7.71. The third-order valence-electron chi connectivity index (χ3n) is 5.46. The van der Waals surface area contributed by atoms with Gasteiger partial charge in [-0.3, -0.25) is 0 Å². The monoisotopic (exact) mass is 423 g/mol. The van der Waals surface area contributed by atoms with Crippen molar-refractivity contribution in [3.05, 3.63) is 76.8 Å². The lowest BCUT2D eigenvalue weighted by Gasteiger charge is -2.23. The number of methoxy groups -OCH3 is 1. The normalized spacial score (nSPS) is 16.2. The first-order valence-corrected chi connectivity index (χ1v) is 10.5. The largest absolute Gasteiger partial charge is 0.497 e. The first-order chi connectivity index (χ1) is 14.6. The fraction of sp³-hybridized carbons (Fsp3) is 0.304. The van der Waals surface area contributed by atoms with Gasteiger partial charge in [0.1, 0.15) is 18.1 Å². The van der Waals surface area contributed by atoms with Gasteiger partial charge in [-0.1, -0.05) is 30.3 Å². The lowest BCUT2D eigenvalue weighted by atomic mass is 10.00. The predicted molar refractivity (Wildman–Crippen MR) is 119 cm³/mol. The Kier molecular flexibility index (Phi) is 6.30. The zero-order valence-corrected chi connectivity index (χ0v) is 18.2. The van der Waals surface area contributed by atoms with E-state index in [9.17, 15) is 0 Å². The summed E-state index contributed by atoms with van der Waals surface area (Å²) in [5.41, 5.74) is 2.75. The summed E-state index contributed by atoms with van der Waals surface area (Å²) < 4.78 is 15.6. The van der Waals surface area contributed by atoms with Gasteiger partial charge in [0.05, 0.1) is 20.2 Å². The molecular weight excluding hydrogens is 396 g/mol. The van der Waals surface area contributed by atoms with E-state index in [0.717, 1.165) is 43.5 Å². The van der Waals surface area contributed by atoms with Crippen molar-refractivity contribution in [3.63, 3.8) is 0 Å². The van der Waals surface area contributed by atoms with Crippen molar-refractivity contribution in [1.29, 1.82) is 0 Å². The fourth-order valence-corrected chi connectivity index (χ4v) is 3.84. The fourth-order valence-electron chi connectivity index (χ4n) is 3.63. The average molecular weight is 424 g/mol. The molecule has 0 spiro atoms. The van der Waals surface area contributed by atoms with Gasteiger partial charge in [-0.25, -0.2) is 0 Å². The molecule has 1 unspecified atom stereocenters. The Balaban J connectivity index is 1.38. The molecule has 1 aliphatic heterocycles. The number of nitrogens with zero attached hydrogens (tertiary/aromatic N) is 3. The molecule has 0 aliphatic carbocycles. The van der Waals surface area contributed by atoms with Gasteiger partial charge in [0, 0.05) is 13.5 Å². The number of ether oxygens (including phenoxy) is 2. The van der Waals surface area contributed by atoms with Crippen LogP contribution in [0.25, 0.3) is 5.57 Å². The van der Waals surface area contributed by atoms with Gasteiger partial charge in [0.25, 0.3) is 0 Å². The smallest absolute Gasteiger partial charge is 0.202 e. The second kappa shape index (κ2) is 9.28. The van der Waals surface area contributed by atoms with Gasteiger partial charge in [-0.15, -0.1) is 5.10 Å². The van der Waals surface area contributed by atoms with Gasteiger partial charge in [0.15, 0.2) is 12.5 Å². The van der Waals surface area contributed by atoms with Crippen LogP contribution < -0.4 is 14.4 Å². The minimum absolute atomic E-state index is 0.368. The summed E-state index contributed by atoms with van der Waals surface area (Å²) in [4.78, 5) is 1.45. The summed E-state index contributed by atoms with van der Waals surface area (Å²) in [6.45, 7) is 3.16. The van der Waals surface area contributed by atoms with Gasteiger partial charge in [-0.05, 0) is 53.7 Å². The van der Waals surface area contributed by atoms with Crippen molar-refractivity contribution in [2.75, 3.05) is 20.2 Å². The molecule has 7 heteroatoms. The van der Waals surface area contributed by atoms with E-state index in [0.29, 0.717) is 11.4 Å². The summed E-state index contributed by atoms with van der Waals surface area (Å²) >= 11 is 5.61. The summed E-state index contributed by atoms with van der Waals surface area (Å²) in [7, 11) is 3.59. The lowest BCUT2D eigenvalue weighted by molar-refractivity contribution is -0.918. The highest BCUT2D eigenvalue weighted by Crippen LogP contribution is 2.19. The van der Waals surface area contributed by atoms with Crippen LogP contribution in [-0.4, -0.2) is 34.5 Å². The Labute approximate surface area is 182 Å². The number of nitrogens with one attached hydrogen (secondary N) is 1. The van der Waals surface area contributed by atoms with Crippen LogP contribution in [0.5, 0.6) is 11.5 Å². The SMILES string of the molecule is COc1ccc(OCc2nn(C[NH+]3CC=C(c4ccccc4)CC3)c(=S)n2C)cc1. The van der Waals surface area contributed by atoms with E-state index in [1.165, 1.54) is 16.0 Å². The van der Waals surface area contributed by atoms with Crippen molar-refractivity contribution in [3.8, 4) is 11.5 Å². The van der Waals surface area contributed by atoms with Crippen LogP contribution in [0.4, 0.5) is 0 Å². The molecule has 2 heterocycles. The molecule has 0 radical (unpaired) electrons. The molecule has 0 saturated carbocycles. The highest BCUT2D eigenvalue weighted by atomic mass is 32.1. The molecule has 4 rings (SSSR count). The van der Waals surface area contributed by atoms with Crippen molar-refractivity contribution in [1.82, 2.24) is 14.3 Å². The van der Waals surface area contributed by atoms with Gasteiger partial charge in [-0.2, -0.15) is 4.68 Å². The zero-order chi connectivity index (χ0) is 20.9. The van der Waals surface area contributed by atoms with E-state index in [2.05, 4.69) is 36.4 Å². The molecule has 0 fully saturated rings. The molecule has 156 valence electrons. The molecule has 2 aromatic carbocycles. The summed E-state index contributed by atoms with van der Waals surface area (Å²) in [5.74, 6) is 2.39. The van der Waals surface area contributed by atoms with E-state index in [-0.39, 0.29) is 0 Å². The molecule has 0 saturated heterocycles. The van der Waals surface area contributed by atoms with Crippen LogP contribution in [0.15, 0.2) is 60.7 Å². The Morgan fingerprint density at radius 3 is 2.47 bits per heavy atom. The lowest BCUT2D eigenvalue weighted by Crippen LogP contribution is -3.11. The molecule has 30 heavy (non-hydrogen) atoms. The van der Waals surface area contributed by atoms with Crippen LogP contribution in [-0.2, 0) is 20.3 Å². The maximum atomic E-state index is 5.88. The molecule has 1 aromatic heterocycles. The van der Waals surface area contributed by atoms with Crippen molar-refractivity contribution >= 4 is 17.8 Å². The van der Waals surface area contributed by atoms with Gasteiger partial charge >= 0.3 is 0 Å². The third-order valence-corrected chi connectivity index (χ3v) is 5.95. The van der Waals surface area contributed by atoms with Crippen LogP contribution in [0.1, 0.15) is 17.8 Å². The molecular formula is C23H27N4O2S+. The van der Waals surface area contributed by atoms with Crippen LogP contribution in [0.2, 0.25) is 0 Å². The van der Waals surface area contributed by atoms with Crippen LogP contribution in [0, 0.1) is 4.77 Å². The first-order valence-electron chi connectivity index (χ1n) is 10.1. The predicted octanol–water partition coefficient (Wildman–Crippen LogP) is 2.87. The third kappa shape index (κ3) is 4.63. The zero-order valence-electron chi connectivity index (χ0n) is 17.4. The van der Waals surface area contributed by atoms with E-state index in [1.54, 1.807) is 7.11 Å². The van der Waals surface area contributed by atoms with E-state index in [1.807, 2.05) is 40.6 Å². The molecule has 0 amide bonds. The van der Waals surface area contributed by atoms with Gasteiger partial charge < -0.3 is 18.9 Å². The molecule has 3 aromatic rings. The second-order valence-corrected chi connectivity index (χ2v) is 7.79. The van der Waals surface area contributed by atoms with E-state index < -0.39 is 0 Å². The maximum absolute atomic E-state index is 5.88. The van der Waals surface area contributed by atoms with Crippen molar-refractivity contribution in [2.24, 2.45) is 7.05 Å². The number of hydrogen-bond donors (Lipinski definition) is 1.